The number of benzene rings is 4. The fourth-order valence-electron chi connectivity index (χ4n) is 5.22. The Morgan fingerprint density at radius 3 is 2.17 bits per heavy atom. The fraction of sp³-hybridized carbons (Fsp3) is 0.265. The molecule has 1 fully saturated rings. The van der Waals surface area contributed by atoms with Crippen LogP contribution in [0.25, 0.3) is 0 Å². The molecule has 8 heteroatoms. The third-order valence-corrected chi connectivity index (χ3v) is 9.65. The normalized spacial score (nSPS) is 14.0. The van der Waals surface area contributed by atoms with Crippen LogP contribution in [0.1, 0.15) is 51.9 Å². The van der Waals surface area contributed by atoms with Crippen molar-refractivity contribution in [1.29, 1.82) is 0 Å². The van der Waals surface area contributed by atoms with Crippen LogP contribution in [0.3, 0.4) is 0 Å². The number of carbonyl (C=O) groups is 1. The van der Waals surface area contributed by atoms with E-state index in [-0.39, 0.29) is 17.3 Å². The van der Waals surface area contributed by atoms with Gasteiger partial charge in [0.25, 0.3) is 15.9 Å². The van der Waals surface area contributed by atoms with E-state index in [0.717, 1.165) is 36.3 Å². The van der Waals surface area contributed by atoms with Crippen LogP contribution >= 0.6 is 11.6 Å². The van der Waals surface area contributed by atoms with Gasteiger partial charge in [0.05, 0.1) is 17.1 Å². The van der Waals surface area contributed by atoms with Crippen molar-refractivity contribution < 1.29 is 13.2 Å². The SMILES string of the molecule is Cc1ccc(Cl)cc1N(Cc1ccc(C(=O)NCc2ccc(CN3CCCCC3)cc2)cc1)S(=O)(=O)c1ccccc1. The maximum Gasteiger partial charge on any atom is 0.264 e. The standard InChI is InChI=1S/C34H36ClN3O3S/c1-26-10-19-31(35)22-33(26)38(42(40,41)32-8-4-2-5-9-32)25-29-15-17-30(18-16-29)34(39)36-23-27-11-13-28(14-12-27)24-37-20-6-3-7-21-37/h2,4-5,8-19,22H,3,6-7,20-21,23-25H2,1H3,(H,36,39). The van der Waals surface area contributed by atoms with E-state index in [2.05, 4.69) is 34.5 Å². The van der Waals surface area contributed by atoms with Gasteiger partial charge in [-0.25, -0.2) is 8.42 Å². The second-order valence-electron chi connectivity index (χ2n) is 10.8. The van der Waals surface area contributed by atoms with Gasteiger partial charge in [0.2, 0.25) is 0 Å². The summed E-state index contributed by atoms with van der Waals surface area (Å²) in [6.45, 7) is 5.68. The molecular formula is C34H36ClN3O3S. The number of hydrogen-bond donors (Lipinski definition) is 1. The molecule has 0 radical (unpaired) electrons. The summed E-state index contributed by atoms with van der Waals surface area (Å²) >= 11 is 6.27. The van der Waals surface area contributed by atoms with Crippen LogP contribution in [0.2, 0.25) is 5.02 Å². The average Bonchev–Trinajstić information content (AvgIpc) is 3.02. The third kappa shape index (κ3) is 7.40. The molecule has 1 aliphatic rings. The van der Waals surface area contributed by atoms with E-state index in [1.807, 2.05) is 6.92 Å². The average molecular weight is 602 g/mol. The summed E-state index contributed by atoms with van der Waals surface area (Å²) in [4.78, 5) is 15.6. The van der Waals surface area contributed by atoms with Crippen molar-refractivity contribution in [1.82, 2.24) is 10.2 Å². The minimum absolute atomic E-state index is 0.0874. The van der Waals surface area contributed by atoms with Crippen molar-refractivity contribution in [3.8, 4) is 0 Å². The zero-order valence-corrected chi connectivity index (χ0v) is 25.4. The predicted molar refractivity (Wildman–Crippen MR) is 169 cm³/mol. The van der Waals surface area contributed by atoms with Gasteiger partial charge in [-0.15, -0.1) is 0 Å². The molecule has 0 saturated carbocycles. The maximum absolute atomic E-state index is 13.7. The van der Waals surface area contributed by atoms with Gasteiger partial charge in [0.15, 0.2) is 0 Å². The van der Waals surface area contributed by atoms with Crippen LogP contribution in [0.4, 0.5) is 5.69 Å². The Balaban J connectivity index is 1.25. The molecule has 5 rings (SSSR count). The Kier molecular flexibility index (Phi) is 9.62. The Bertz CT molecular complexity index is 1600. The highest BCUT2D eigenvalue weighted by atomic mass is 35.5. The van der Waals surface area contributed by atoms with Gasteiger partial charge in [-0.3, -0.25) is 14.0 Å². The van der Waals surface area contributed by atoms with Crippen molar-refractivity contribution in [2.75, 3.05) is 17.4 Å². The van der Waals surface area contributed by atoms with E-state index in [4.69, 9.17) is 11.6 Å². The van der Waals surface area contributed by atoms with E-state index in [1.165, 1.54) is 29.1 Å². The van der Waals surface area contributed by atoms with Gasteiger partial charge in [-0.2, -0.15) is 0 Å². The second kappa shape index (κ2) is 13.6. The molecule has 6 nitrogen and oxygen atoms in total. The van der Waals surface area contributed by atoms with Crippen molar-refractivity contribution >= 4 is 33.2 Å². The Hall–Kier alpha value is -3.65. The van der Waals surface area contributed by atoms with Crippen LogP contribution in [0.5, 0.6) is 0 Å². The molecule has 0 spiro atoms. The number of piperidine rings is 1. The lowest BCUT2D eigenvalue weighted by Gasteiger charge is -2.26. The number of rotatable bonds is 10. The van der Waals surface area contributed by atoms with E-state index in [1.54, 1.807) is 72.8 Å². The maximum atomic E-state index is 13.7. The summed E-state index contributed by atoms with van der Waals surface area (Å²) < 4.78 is 28.8. The first-order valence-corrected chi connectivity index (χ1v) is 16.1. The van der Waals surface area contributed by atoms with Crippen LogP contribution in [-0.2, 0) is 29.7 Å². The van der Waals surface area contributed by atoms with Gasteiger partial charge >= 0.3 is 0 Å². The highest BCUT2D eigenvalue weighted by Gasteiger charge is 2.26. The summed E-state index contributed by atoms with van der Waals surface area (Å²) in [5, 5.41) is 3.44. The van der Waals surface area contributed by atoms with Gasteiger partial charge in [0.1, 0.15) is 0 Å². The molecule has 42 heavy (non-hydrogen) atoms. The summed E-state index contributed by atoms with van der Waals surface area (Å²) in [6.07, 6.45) is 3.88. The monoisotopic (exact) mass is 601 g/mol. The number of nitrogens with zero attached hydrogens (tertiary/aromatic N) is 2. The molecule has 0 atom stereocenters. The molecule has 1 saturated heterocycles. The number of anilines is 1. The number of carbonyl (C=O) groups excluding carboxylic acids is 1. The molecule has 1 N–H and O–H groups in total. The highest BCUT2D eigenvalue weighted by molar-refractivity contribution is 7.92. The molecule has 0 aliphatic carbocycles. The number of likely N-dealkylation sites (tertiary alicyclic amines) is 1. The quantitative estimate of drug-likeness (QED) is 0.213. The predicted octanol–water partition coefficient (Wildman–Crippen LogP) is 6.96. The first-order valence-electron chi connectivity index (χ1n) is 14.3. The Morgan fingerprint density at radius 2 is 1.48 bits per heavy atom. The third-order valence-electron chi connectivity index (χ3n) is 7.64. The van der Waals surface area contributed by atoms with Crippen molar-refractivity contribution in [2.45, 2.75) is 50.7 Å². The van der Waals surface area contributed by atoms with E-state index in [9.17, 15) is 13.2 Å². The number of nitrogens with one attached hydrogen (secondary N) is 1. The molecule has 0 aromatic heterocycles. The van der Waals surface area contributed by atoms with Crippen molar-refractivity contribution in [3.05, 3.63) is 130 Å². The first-order chi connectivity index (χ1) is 20.3. The lowest BCUT2D eigenvalue weighted by molar-refractivity contribution is 0.0951. The van der Waals surface area contributed by atoms with Crippen LogP contribution in [-0.4, -0.2) is 32.3 Å². The molecular weight excluding hydrogens is 566 g/mol. The summed E-state index contributed by atoms with van der Waals surface area (Å²) in [7, 11) is -3.88. The molecule has 4 aromatic carbocycles. The van der Waals surface area contributed by atoms with E-state index < -0.39 is 10.0 Å². The molecule has 1 amide bonds. The topological polar surface area (TPSA) is 69.7 Å². The largest absolute Gasteiger partial charge is 0.348 e. The fourth-order valence-corrected chi connectivity index (χ4v) is 6.92. The zero-order valence-electron chi connectivity index (χ0n) is 23.8. The number of amides is 1. The summed E-state index contributed by atoms with van der Waals surface area (Å²) in [5.41, 5.74) is 4.89. The summed E-state index contributed by atoms with van der Waals surface area (Å²) in [5.74, 6) is -0.182. The minimum atomic E-state index is -3.88. The lowest BCUT2D eigenvalue weighted by Crippen LogP contribution is -2.31. The van der Waals surface area contributed by atoms with Gasteiger partial charge < -0.3 is 5.32 Å². The van der Waals surface area contributed by atoms with E-state index in [0.29, 0.717) is 22.8 Å². The smallest absolute Gasteiger partial charge is 0.264 e. The van der Waals surface area contributed by atoms with Crippen LogP contribution in [0, 0.1) is 6.92 Å². The summed E-state index contributed by atoms with van der Waals surface area (Å²) in [6, 6.07) is 29.0. The van der Waals surface area contributed by atoms with Crippen LogP contribution in [0.15, 0.2) is 102 Å². The molecule has 0 unspecified atom stereocenters. The first kappa shape index (κ1) is 29.8. The van der Waals surface area contributed by atoms with E-state index >= 15 is 0 Å². The number of halogens is 1. The minimum Gasteiger partial charge on any atom is -0.348 e. The molecule has 4 aromatic rings. The van der Waals surface area contributed by atoms with Crippen LogP contribution < -0.4 is 9.62 Å². The van der Waals surface area contributed by atoms with Gasteiger partial charge in [-0.05, 0) is 91.5 Å². The zero-order chi connectivity index (χ0) is 29.5. The molecule has 218 valence electrons. The van der Waals surface area contributed by atoms with Gasteiger partial charge in [0, 0.05) is 23.7 Å². The number of hydrogen-bond acceptors (Lipinski definition) is 4. The number of sulfonamides is 1. The number of aryl methyl sites for hydroxylation is 1. The Labute approximate surface area is 254 Å². The van der Waals surface area contributed by atoms with Crippen molar-refractivity contribution in [2.24, 2.45) is 0 Å². The molecule has 1 aliphatic heterocycles. The lowest BCUT2D eigenvalue weighted by atomic mass is 10.1. The second-order valence-corrected chi connectivity index (χ2v) is 13.1. The molecule has 1 heterocycles. The van der Waals surface area contributed by atoms with Crippen molar-refractivity contribution in [3.63, 3.8) is 0 Å². The Morgan fingerprint density at radius 1 is 0.833 bits per heavy atom. The van der Waals surface area contributed by atoms with Gasteiger partial charge in [-0.1, -0.05) is 78.7 Å². The molecule has 0 bridgehead atoms. The highest BCUT2D eigenvalue weighted by Crippen LogP contribution is 2.31.